The molecule has 27 heavy (non-hydrogen) atoms. The quantitative estimate of drug-likeness (QED) is 0.411. The third-order valence-corrected chi connectivity index (χ3v) is 4.19. The molecule has 0 aliphatic heterocycles. The number of halogens is 3. The van der Waals surface area contributed by atoms with Crippen LogP contribution in [0.5, 0.6) is 0 Å². The van der Waals surface area contributed by atoms with Gasteiger partial charge in [0.2, 0.25) is 0 Å². The number of sulfonamides is 1. The summed E-state index contributed by atoms with van der Waals surface area (Å²) in [4.78, 5) is 21.9. The molecule has 0 amide bonds. The number of hydrogen-bond donors (Lipinski definition) is 2. The topological polar surface area (TPSA) is 136 Å². The molecule has 0 saturated carbocycles. The van der Waals surface area contributed by atoms with Crippen LogP contribution in [0.1, 0.15) is 32.4 Å². The van der Waals surface area contributed by atoms with E-state index in [2.05, 4.69) is 0 Å². The molecule has 0 spiro atoms. The van der Waals surface area contributed by atoms with E-state index in [1.54, 1.807) is 0 Å². The van der Waals surface area contributed by atoms with Gasteiger partial charge in [0.1, 0.15) is 5.60 Å². The lowest BCUT2D eigenvalue weighted by Crippen LogP contribution is -2.46. The second kappa shape index (κ2) is 7.78. The number of nitrogens with one attached hydrogen (secondary N) is 1. The normalized spacial score (nSPS) is 15.1. The first-order chi connectivity index (χ1) is 12.0. The largest absolute Gasteiger partial charge is 0.511 e. The highest BCUT2D eigenvalue weighted by molar-refractivity contribution is 7.90. The van der Waals surface area contributed by atoms with Crippen LogP contribution in [0.25, 0.3) is 0 Å². The summed E-state index contributed by atoms with van der Waals surface area (Å²) in [6.07, 6.45) is -2.34. The van der Waals surface area contributed by atoms with E-state index in [4.69, 9.17) is 4.74 Å². The maximum Gasteiger partial charge on any atom is 0.511 e. The maximum absolute atomic E-state index is 12.7. The van der Waals surface area contributed by atoms with Crippen molar-refractivity contribution in [2.75, 3.05) is 0 Å². The molecule has 0 fully saturated rings. The van der Waals surface area contributed by atoms with Crippen LogP contribution in [-0.2, 0) is 19.6 Å². The molecule has 0 heterocycles. The fraction of sp³-hybridized carbons (Fsp3) is 0.500. The van der Waals surface area contributed by atoms with E-state index in [1.165, 1.54) is 25.5 Å². The molecule has 0 unspecified atom stereocenters. The van der Waals surface area contributed by atoms with E-state index >= 15 is 0 Å². The van der Waals surface area contributed by atoms with Gasteiger partial charge in [-0.15, -0.1) is 0 Å². The van der Waals surface area contributed by atoms with Crippen LogP contribution in [0.3, 0.4) is 0 Å². The lowest BCUT2D eigenvalue weighted by atomic mass is 10.0. The highest BCUT2D eigenvalue weighted by atomic mass is 32.2. The van der Waals surface area contributed by atoms with E-state index in [-0.39, 0.29) is 5.56 Å². The molecule has 0 aromatic heterocycles. The van der Waals surface area contributed by atoms with Crippen molar-refractivity contribution in [3.63, 3.8) is 0 Å². The van der Waals surface area contributed by atoms with Crippen molar-refractivity contribution in [2.45, 2.75) is 44.0 Å². The number of benzene rings is 1. The van der Waals surface area contributed by atoms with Crippen LogP contribution in [0.2, 0.25) is 0 Å². The van der Waals surface area contributed by atoms with E-state index < -0.39 is 49.9 Å². The number of non-ortho nitro benzene ring substituents is 1. The number of nitro groups is 1. The number of aliphatic hydroxyl groups is 1. The molecule has 0 aliphatic carbocycles. The third kappa shape index (κ3) is 6.15. The number of nitro benzene ring substituents is 1. The summed E-state index contributed by atoms with van der Waals surface area (Å²) in [5, 5.41) is 20.8. The Hall–Kier alpha value is -2.25. The molecule has 0 radical (unpaired) electrons. The molecule has 0 bridgehead atoms. The summed E-state index contributed by atoms with van der Waals surface area (Å²) < 4.78 is 66.9. The van der Waals surface area contributed by atoms with Gasteiger partial charge in [-0.05, 0) is 26.3 Å². The van der Waals surface area contributed by atoms with Crippen LogP contribution in [-0.4, -0.2) is 41.6 Å². The Labute approximate surface area is 152 Å². The van der Waals surface area contributed by atoms with Crippen molar-refractivity contribution in [3.05, 3.63) is 39.9 Å². The van der Waals surface area contributed by atoms with E-state index in [9.17, 15) is 41.6 Å². The second-order valence-corrected chi connectivity index (χ2v) is 8.08. The van der Waals surface area contributed by atoms with Crippen molar-refractivity contribution in [3.8, 4) is 0 Å². The zero-order valence-electron chi connectivity index (χ0n) is 14.4. The molecule has 1 aromatic carbocycles. The number of ether oxygens (including phenoxy) is 1. The predicted octanol–water partition coefficient (Wildman–Crippen LogP) is 1.78. The van der Waals surface area contributed by atoms with Crippen LogP contribution < -0.4 is 4.72 Å². The second-order valence-electron chi connectivity index (χ2n) is 6.37. The minimum Gasteiger partial charge on any atom is -0.458 e. The summed E-state index contributed by atoms with van der Waals surface area (Å²) >= 11 is 0. The summed E-state index contributed by atoms with van der Waals surface area (Å²) in [6, 6.07) is 1.50. The molecule has 1 rings (SSSR count). The van der Waals surface area contributed by atoms with E-state index in [0.717, 1.165) is 24.3 Å². The standard InChI is InChI=1S/C14H17F3N2O7S/c1-13(2,3)26-12(21)11(20)10(18-27(24,25)14(15,16)17)8-4-6-9(7-5-8)19(22)23/h4-7,10-11,18,20H,1-3H3/t10-,11+/m0/s1. The summed E-state index contributed by atoms with van der Waals surface area (Å²) in [6.45, 7) is 4.29. The number of carbonyl (C=O) groups excluding carboxylic acids is 1. The monoisotopic (exact) mass is 414 g/mol. The molecule has 13 heteroatoms. The van der Waals surface area contributed by atoms with Crippen molar-refractivity contribution >= 4 is 21.7 Å². The molecule has 2 N–H and O–H groups in total. The molecule has 1 aromatic rings. The van der Waals surface area contributed by atoms with Crippen LogP contribution >= 0.6 is 0 Å². The van der Waals surface area contributed by atoms with Crippen LogP contribution in [0, 0.1) is 10.1 Å². The number of nitrogens with zero attached hydrogens (tertiary/aromatic N) is 1. The SMILES string of the molecule is CC(C)(C)OC(=O)[C@H](O)[C@@H](NS(=O)(=O)C(F)(F)F)c1ccc([N+](=O)[O-])cc1. The lowest BCUT2D eigenvalue weighted by molar-refractivity contribution is -0.384. The van der Waals surface area contributed by atoms with Gasteiger partial charge in [0.05, 0.1) is 11.0 Å². The Morgan fingerprint density at radius 2 is 1.70 bits per heavy atom. The first kappa shape index (κ1) is 22.8. The fourth-order valence-corrected chi connectivity index (χ4v) is 2.58. The molecule has 2 atom stereocenters. The molecule has 9 nitrogen and oxygen atoms in total. The third-order valence-electron chi connectivity index (χ3n) is 3.01. The Morgan fingerprint density at radius 1 is 1.22 bits per heavy atom. The number of esters is 1. The minimum atomic E-state index is -5.95. The Balaban J connectivity index is 3.31. The molecular formula is C14H17F3N2O7S. The average molecular weight is 414 g/mol. The maximum atomic E-state index is 12.7. The smallest absolute Gasteiger partial charge is 0.458 e. The number of carbonyl (C=O) groups is 1. The minimum absolute atomic E-state index is 0.313. The van der Waals surface area contributed by atoms with Gasteiger partial charge in [0.15, 0.2) is 6.10 Å². The molecule has 0 aliphatic rings. The highest BCUT2D eigenvalue weighted by Gasteiger charge is 2.48. The van der Waals surface area contributed by atoms with Gasteiger partial charge in [-0.2, -0.15) is 17.9 Å². The number of aliphatic hydroxyl groups excluding tert-OH is 1. The van der Waals surface area contributed by atoms with Crippen molar-refractivity contribution in [2.24, 2.45) is 0 Å². The van der Waals surface area contributed by atoms with Gasteiger partial charge in [-0.25, -0.2) is 13.2 Å². The lowest BCUT2D eigenvalue weighted by Gasteiger charge is -2.27. The fourth-order valence-electron chi connectivity index (χ4n) is 1.85. The Morgan fingerprint density at radius 3 is 2.07 bits per heavy atom. The van der Waals surface area contributed by atoms with Gasteiger partial charge >= 0.3 is 21.5 Å². The average Bonchev–Trinajstić information content (AvgIpc) is 2.49. The number of rotatable bonds is 6. The summed E-state index contributed by atoms with van der Waals surface area (Å²) in [7, 11) is -5.95. The first-order valence-corrected chi connectivity index (χ1v) is 8.77. The van der Waals surface area contributed by atoms with Crippen molar-refractivity contribution < 1.29 is 41.2 Å². The van der Waals surface area contributed by atoms with Gasteiger partial charge in [-0.1, -0.05) is 12.1 Å². The van der Waals surface area contributed by atoms with Crippen LogP contribution in [0.4, 0.5) is 18.9 Å². The summed E-state index contributed by atoms with van der Waals surface area (Å²) in [5.74, 6) is -1.38. The van der Waals surface area contributed by atoms with E-state index in [1.807, 2.05) is 0 Å². The Bertz CT molecular complexity index is 801. The van der Waals surface area contributed by atoms with Crippen molar-refractivity contribution in [1.29, 1.82) is 0 Å². The van der Waals surface area contributed by atoms with Gasteiger partial charge in [0, 0.05) is 12.1 Å². The zero-order valence-corrected chi connectivity index (χ0v) is 15.2. The zero-order chi connectivity index (χ0) is 21.2. The van der Waals surface area contributed by atoms with Crippen molar-refractivity contribution in [1.82, 2.24) is 4.72 Å². The molecule has 0 saturated heterocycles. The number of alkyl halides is 3. The number of hydrogen-bond acceptors (Lipinski definition) is 7. The summed E-state index contributed by atoms with van der Waals surface area (Å²) in [5.41, 5.74) is -7.56. The molecular weight excluding hydrogens is 397 g/mol. The Kier molecular flexibility index (Phi) is 6.57. The van der Waals surface area contributed by atoms with Gasteiger partial charge in [-0.3, -0.25) is 10.1 Å². The van der Waals surface area contributed by atoms with E-state index in [0.29, 0.717) is 0 Å². The predicted molar refractivity (Wildman–Crippen MR) is 85.8 cm³/mol. The first-order valence-electron chi connectivity index (χ1n) is 7.29. The van der Waals surface area contributed by atoms with Gasteiger partial charge in [0.25, 0.3) is 5.69 Å². The van der Waals surface area contributed by atoms with Gasteiger partial charge < -0.3 is 9.84 Å². The van der Waals surface area contributed by atoms with Crippen LogP contribution in [0.15, 0.2) is 24.3 Å². The highest BCUT2D eigenvalue weighted by Crippen LogP contribution is 2.28. The molecule has 152 valence electrons.